The Labute approximate surface area is 122 Å². The topological polar surface area (TPSA) is 69.6 Å². The molecule has 20 heavy (non-hydrogen) atoms. The van der Waals surface area contributed by atoms with Gasteiger partial charge < -0.3 is 5.11 Å². The molecule has 0 aromatic heterocycles. The van der Waals surface area contributed by atoms with Gasteiger partial charge in [0.2, 0.25) is 0 Å². The van der Waals surface area contributed by atoms with Gasteiger partial charge in [0.25, 0.3) is 10.2 Å². The van der Waals surface area contributed by atoms with Crippen molar-refractivity contribution in [3.8, 4) is 0 Å². The second kappa shape index (κ2) is 6.73. The molecule has 3 atom stereocenters. The molecule has 3 unspecified atom stereocenters. The molecule has 1 heterocycles. The first-order valence-electron chi connectivity index (χ1n) is 7.82. The second-order valence-corrected chi connectivity index (χ2v) is 8.34. The number of aliphatic hydroxyl groups excluding tert-OH is 1. The molecule has 0 aromatic carbocycles. The van der Waals surface area contributed by atoms with Crippen molar-refractivity contribution in [1.29, 1.82) is 0 Å². The van der Waals surface area contributed by atoms with Crippen molar-refractivity contribution < 1.29 is 13.5 Å². The van der Waals surface area contributed by atoms with Gasteiger partial charge >= 0.3 is 0 Å². The first-order chi connectivity index (χ1) is 9.42. The van der Waals surface area contributed by atoms with Gasteiger partial charge in [0.15, 0.2) is 0 Å². The molecular weight excluding hydrogens is 276 g/mol. The minimum atomic E-state index is -3.47. The maximum Gasteiger partial charge on any atom is 0.280 e. The third-order valence-electron chi connectivity index (χ3n) is 4.59. The van der Waals surface area contributed by atoms with Crippen molar-refractivity contribution in [3.05, 3.63) is 0 Å². The minimum Gasteiger partial charge on any atom is -0.395 e. The lowest BCUT2D eigenvalue weighted by molar-refractivity contribution is 0.152. The molecule has 5 nitrogen and oxygen atoms in total. The van der Waals surface area contributed by atoms with Gasteiger partial charge in [0.1, 0.15) is 0 Å². The van der Waals surface area contributed by atoms with Crippen molar-refractivity contribution in [2.75, 3.05) is 13.2 Å². The van der Waals surface area contributed by atoms with Gasteiger partial charge in [-0.05, 0) is 43.9 Å². The molecule has 2 aliphatic rings. The summed E-state index contributed by atoms with van der Waals surface area (Å²) in [6.07, 6.45) is 5.65. The highest BCUT2D eigenvalue weighted by Crippen LogP contribution is 2.29. The van der Waals surface area contributed by atoms with Crippen LogP contribution in [0.25, 0.3) is 0 Å². The fourth-order valence-electron chi connectivity index (χ4n) is 3.79. The summed E-state index contributed by atoms with van der Waals surface area (Å²) in [6.45, 7) is 4.82. The fourth-order valence-corrected chi connectivity index (χ4v) is 5.48. The molecule has 1 saturated carbocycles. The number of nitrogens with one attached hydrogen (secondary N) is 1. The highest BCUT2D eigenvalue weighted by Gasteiger charge is 2.35. The smallest absolute Gasteiger partial charge is 0.280 e. The second-order valence-electron chi connectivity index (χ2n) is 6.68. The molecule has 1 aliphatic carbocycles. The van der Waals surface area contributed by atoms with Crippen molar-refractivity contribution in [3.63, 3.8) is 0 Å². The van der Waals surface area contributed by atoms with Crippen LogP contribution in [0.5, 0.6) is 0 Å². The highest BCUT2D eigenvalue weighted by molar-refractivity contribution is 7.87. The van der Waals surface area contributed by atoms with Gasteiger partial charge in [0, 0.05) is 18.6 Å². The molecule has 6 heteroatoms. The summed E-state index contributed by atoms with van der Waals surface area (Å²) in [5, 5.41) is 9.38. The van der Waals surface area contributed by atoms with E-state index in [1.165, 1.54) is 10.7 Å². The van der Waals surface area contributed by atoms with Crippen LogP contribution in [0.1, 0.15) is 52.4 Å². The van der Waals surface area contributed by atoms with E-state index < -0.39 is 10.2 Å². The van der Waals surface area contributed by atoms with E-state index in [1.54, 1.807) is 0 Å². The number of piperidine rings is 1. The standard InChI is InChI=1S/C14H28N2O3S/c1-11-7-12(2)9-13(8-11)15-20(18,19)16-6-4-3-5-14(16)10-17/h11-15,17H,3-10H2,1-2H3. The van der Waals surface area contributed by atoms with Gasteiger partial charge in [-0.2, -0.15) is 17.4 Å². The van der Waals surface area contributed by atoms with Crippen LogP contribution in [-0.2, 0) is 10.2 Å². The molecular formula is C14H28N2O3S. The van der Waals surface area contributed by atoms with Gasteiger partial charge in [-0.15, -0.1) is 0 Å². The zero-order chi connectivity index (χ0) is 14.8. The molecule has 0 bridgehead atoms. The van der Waals surface area contributed by atoms with Crippen molar-refractivity contribution in [2.45, 2.75) is 64.5 Å². The molecule has 1 aliphatic heterocycles. The largest absolute Gasteiger partial charge is 0.395 e. The van der Waals surface area contributed by atoms with Crippen LogP contribution in [0.3, 0.4) is 0 Å². The summed E-state index contributed by atoms with van der Waals surface area (Å²) < 4.78 is 29.4. The first-order valence-corrected chi connectivity index (χ1v) is 9.26. The van der Waals surface area contributed by atoms with Crippen molar-refractivity contribution in [1.82, 2.24) is 9.03 Å². The number of aliphatic hydroxyl groups is 1. The lowest BCUT2D eigenvalue weighted by atomic mass is 9.81. The van der Waals surface area contributed by atoms with E-state index in [4.69, 9.17) is 0 Å². The monoisotopic (exact) mass is 304 g/mol. The fraction of sp³-hybridized carbons (Fsp3) is 1.00. The molecule has 0 spiro atoms. The Morgan fingerprint density at radius 1 is 1.15 bits per heavy atom. The number of hydrogen-bond acceptors (Lipinski definition) is 3. The molecule has 2 rings (SSSR count). The predicted octanol–water partition coefficient (Wildman–Crippen LogP) is 1.49. The summed E-state index contributed by atoms with van der Waals surface area (Å²) in [5.41, 5.74) is 0. The maximum atomic E-state index is 12.5. The van der Waals surface area contributed by atoms with Gasteiger partial charge in [-0.1, -0.05) is 20.3 Å². The first kappa shape index (κ1) is 16.2. The minimum absolute atomic E-state index is 0.0417. The van der Waals surface area contributed by atoms with Crippen LogP contribution in [0.4, 0.5) is 0 Å². The summed E-state index contributed by atoms with van der Waals surface area (Å²) in [4.78, 5) is 0. The Bertz CT molecular complexity index is 403. The average Bonchev–Trinajstić information content (AvgIpc) is 2.36. The van der Waals surface area contributed by atoms with E-state index in [1.807, 2.05) is 0 Å². The Kier molecular flexibility index (Phi) is 5.45. The number of nitrogens with zero attached hydrogens (tertiary/aromatic N) is 1. The van der Waals surface area contributed by atoms with E-state index in [0.29, 0.717) is 18.4 Å². The lowest BCUT2D eigenvalue weighted by Crippen LogP contribution is -2.53. The molecule has 118 valence electrons. The lowest BCUT2D eigenvalue weighted by Gasteiger charge is -2.37. The third-order valence-corrected chi connectivity index (χ3v) is 6.32. The van der Waals surface area contributed by atoms with E-state index in [0.717, 1.165) is 32.1 Å². The van der Waals surface area contributed by atoms with Crippen LogP contribution in [0.15, 0.2) is 0 Å². The molecule has 2 N–H and O–H groups in total. The molecule has 1 saturated heterocycles. The van der Waals surface area contributed by atoms with Crippen molar-refractivity contribution >= 4 is 10.2 Å². The zero-order valence-corrected chi connectivity index (χ0v) is 13.4. The van der Waals surface area contributed by atoms with Crippen LogP contribution in [-0.4, -0.2) is 43.1 Å². The Balaban J connectivity index is 2.02. The third kappa shape index (κ3) is 3.93. The molecule has 0 radical (unpaired) electrons. The van der Waals surface area contributed by atoms with Crippen LogP contribution >= 0.6 is 0 Å². The van der Waals surface area contributed by atoms with Gasteiger partial charge in [-0.3, -0.25) is 0 Å². The van der Waals surface area contributed by atoms with E-state index in [9.17, 15) is 13.5 Å². The van der Waals surface area contributed by atoms with Gasteiger partial charge in [0.05, 0.1) is 6.61 Å². The highest BCUT2D eigenvalue weighted by atomic mass is 32.2. The summed E-state index contributed by atoms with van der Waals surface area (Å²) in [7, 11) is -3.47. The average molecular weight is 304 g/mol. The van der Waals surface area contributed by atoms with E-state index in [2.05, 4.69) is 18.6 Å². The zero-order valence-electron chi connectivity index (χ0n) is 12.6. The van der Waals surface area contributed by atoms with E-state index in [-0.39, 0.29) is 18.7 Å². The Hall–Kier alpha value is -0.170. The summed E-state index contributed by atoms with van der Waals surface area (Å²) in [6, 6.07) is -0.209. The predicted molar refractivity (Wildman–Crippen MR) is 79.5 cm³/mol. The van der Waals surface area contributed by atoms with Crippen LogP contribution < -0.4 is 4.72 Å². The Morgan fingerprint density at radius 2 is 1.80 bits per heavy atom. The summed E-state index contributed by atoms with van der Waals surface area (Å²) in [5.74, 6) is 1.14. The van der Waals surface area contributed by atoms with E-state index >= 15 is 0 Å². The van der Waals surface area contributed by atoms with Crippen molar-refractivity contribution in [2.24, 2.45) is 11.8 Å². The molecule has 0 aromatic rings. The summed E-state index contributed by atoms with van der Waals surface area (Å²) >= 11 is 0. The maximum absolute atomic E-state index is 12.5. The Morgan fingerprint density at radius 3 is 2.40 bits per heavy atom. The number of hydrogen-bond donors (Lipinski definition) is 2. The van der Waals surface area contributed by atoms with Gasteiger partial charge in [-0.25, -0.2) is 0 Å². The molecule has 0 amide bonds. The number of rotatable bonds is 4. The SMILES string of the molecule is CC1CC(C)CC(NS(=O)(=O)N2CCCCC2CO)C1. The molecule has 2 fully saturated rings. The quantitative estimate of drug-likeness (QED) is 0.827. The van der Waals surface area contributed by atoms with Crippen LogP contribution in [0.2, 0.25) is 0 Å². The normalized spacial score (nSPS) is 37.0. The van der Waals surface area contributed by atoms with Crippen LogP contribution in [0, 0.1) is 11.8 Å².